The van der Waals surface area contributed by atoms with Crippen LogP contribution < -0.4 is 5.73 Å². The highest BCUT2D eigenvalue weighted by atomic mass is 16.2. The summed E-state index contributed by atoms with van der Waals surface area (Å²) < 4.78 is 0. The van der Waals surface area contributed by atoms with E-state index in [1.165, 1.54) is 32.1 Å². The Balaban J connectivity index is 2.51. The molecule has 1 saturated carbocycles. The van der Waals surface area contributed by atoms with E-state index in [2.05, 4.69) is 25.7 Å². The first-order valence-corrected chi connectivity index (χ1v) is 8.08. The molecule has 0 bridgehead atoms. The first-order valence-electron chi connectivity index (χ1n) is 8.08. The van der Waals surface area contributed by atoms with Gasteiger partial charge in [-0.1, -0.05) is 33.1 Å². The number of rotatable bonds is 7. The highest BCUT2D eigenvalue weighted by Gasteiger charge is 2.25. The highest BCUT2D eigenvalue weighted by Crippen LogP contribution is 2.24. The van der Waals surface area contributed by atoms with Crippen molar-refractivity contribution >= 4 is 5.91 Å². The molecule has 0 aliphatic heterocycles. The van der Waals surface area contributed by atoms with E-state index in [1.807, 2.05) is 0 Å². The minimum Gasteiger partial charge on any atom is -0.340 e. The third-order valence-electron chi connectivity index (χ3n) is 4.28. The van der Waals surface area contributed by atoms with Crippen molar-refractivity contribution < 1.29 is 4.79 Å². The van der Waals surface area contributed by atoms with Gasteiger partial charge in [-0.2, -0.15) is 0 Å². The van der Waals surface area contributed by atoms with Crippen molar-refractivity contribution in [3.63, 3.8) is 0 Å². The molecule has 0 heterocycles. The van der Waals surface area contributed by atoms with Gasteiger partial charge in [0.15, 0.2) is 0 Å². The summed E-state index contributed by atoms with van der Waals surface area (Å²) in [6.07, 6.45) is 7.97. The lowest BCUT2D eigenvalue weighted by Gasteiger charge is -2.34. The zero-order valence-corrected chi connectivity index (χ0v) is 13.0. The Bertz CT molecular complexity index is 259. The summed E-state index contributed by atoms with van der Waals surface area (Å²) in [6, 6.07) is 0.490. The normalized spacial score (nSPS) is 18.6. The van der Waals surface area contributed by atoms with Crippen molar-refractivity contribution in [2.45, 2.75) is 71.8 Å². The second-order valence-electron chi connectivity index (χ2n) is 6.41. The zero-order chi connectivity index (χ0) is 14.3. The first-order chi connectivity index (χ1) is 9.08. The highest BCUT2D eigenvalue weighted by molar-refractivity contribution is 5.76. The van der Waals surface area contributed by atoms with Crippen LogP contribution in [0.15, 0.2) is 0 Å². The summed E-state index contributed by atoms with van der Waals surface area (Å²) in [5.41, 5.74) is 5.82. The second-order valence-corrected chi connectivity index (χ2v) is 6.41. The minimum absolute atomic E-state index is 0.325. The number of nitrogens with two attached hydrogens (primary N) is 1. The SMILES string of the molecule is CCN(C(=O)C[C@@H](CN)CC(C)C)C1CCCCC1. The van der Waals surface area contributed by atoms with Crippen molar-refractivity contribution in [3.8, 4) is 0 Å². The van der Waals surface area contributed by atoms with E-state index in [-0.39, 0.29) is 0 Å². The lowest BCUT2D eigenvalue weighted by molar-refractivity contribution is -0.135. The van der Waals surface area contributed by atoms with Crippen molar-refractivity contribution in [2.75, 3.05) is 13.1 Å². The fraction of sp³-hybridized carbons (Fsp3) is 0.938. The largest absolute Gasteiger partial charge is 0.340 e. The molecule has 112 valence electrons. The maximum Gasteiger partial charge on any atom is 0.223 e. The van der Waals surface area contributed by atoms with E-state index in [1.54, 1.807) is 0 Å². The molecule has 1 aliphatic rings. The Kier molecular flexibility index (Phi) is 7.44. The summed E-state index contributed by atoms with van der Waals surface area (Å²) in [7, 11) is 0. The van der Waals surface area contributed by atoms with Crippen LogP contribution in [0.2, 0.25) is 0 Å². The number of amides is 1. The van der Waals surface area contributed by atoms with Gasteiger partial charge in [0.2, 0.25) is 5.91 Å². The average Bonchev–Trinajstić information content (AvgIpc) is 2.39. The second kappa shape index (κ2) is 8.57. The van der Waals surface area contributed by atoms with Gasteiger partial charge in [0.05, 0.1) is 0 Å². The van der Waals surface area contributed by atoms with E-state index in [4.69, 9.17) is 5.73 Å². The van der Waals surface area contributed by atoms with E-state index in [0.717, 1.165) is 13.0 Å². The smallest absolute Gasteiger partial charge is 0.223 e. The van der Waals surface area contributed by atoms with Gasteiger partial charge in [-0.15, -0.1) is 0 Å². The van der Waals surface area contributed by atoms with Crippen LogP contribution >= 0.6 is 0 Å². The van der Waals surface area contributed by atoms with Gasteiger partial charge in [-0.05, 0) is 44.6 Å². The molecule has 0 radical (unpaired) electrons. The maximum absolute atomic E-state index is 12.5. The molecule has 1 fully saturated rings. The number of carbonyl (C=O) groups excluding carboxylic acids is 1. The van der Waals surface area contributed by atoms with Gasteiger partial charge in [-0.3, -0.25) is 4.79 Å². The lowest BCUT2D eigenvalue weighted by atomic mass is 9.91. The molecule has 0 spiro atoms. The van der Waals surface area contributed by atoms with Crippen LogP contribution in [0.3, 0.4) is 0 Å². The number of hydrogen-bond acceptors (Lipinski definition) is 2. The predicted octanol–water partition coefficient (Wildman–Crippen LogP) is 3.18. The Labute approximate surface area is 118 Å². The van der Waals surface area contributed by atoms with Crippen molar-refractivity contribution in [2.24, 2.45) is 17.6 Å². The van der Waals surface area contributed by atoms with E-state index >= 15 is 0 Å². The molecule has 2 N–H and O–H groups in total. The van der Waals surface area contributed by atoms with Crippen LogP contribution in [0.5, 0.6) is 0 Å². The quantitative estimate of drug-likeness (QED) is 0.771. The summed E-state index contributed by atoms with van der Waals surface area (Å²) >= 11 is 0. The standard InChI is InChI=1S/C16H32N2O/c1-4-18(15-8-6-5-7-9-15)16(19)11-14(12-17)10-13(2)3/h13-15H,4-12,17H2,1-3H3/t14-/m0/s1. The molecule has 0 unspecified atom stereocenters. The third kappa shape index (κ3) is 5.52. The Morgan fingerprint density at radius 3 is 2.37 bits per heavy atom. The summed E-state index contributed by atoms with van der Waals surface area (Å²) in [5.74, 6) is 1.29. The third-order valence-corrected chi connectivity index (χ3v) is 4.28. The van der Waals surface area contributed by atoms with Crippen molar-refractivity contribution in [3.05, 3.63) is 0 Å². The van der Waals surface area contributed by atoms with Gasteiger partial charge < -0.3 is 10.6 Å². The topological polar surface area (TPSA) is 46.3 Å². The van der Waals surface area contributed by atoms with Gasteiger partial charge in [-0.25, -0.2) is 0 Å². The summed E-state index contributed by atoms with van der Waals surface area (Å²) in [6.45, 7) is 7.98. The predicted molar refractivity (Wildman–Crippen MR) is 80.9 cm³/mol. The molecule has 3 nitrogen and oxygen atoms in total. The molecule has 19 heavy (non-hydrogen) atoms. The molecule has 1 atom stereocenters. The molecule has 0 aromatic rings. The first kappa shape index (κ1) is 16.5. The fourth-order valence-electron chi connectivity index (χ4n) is 3.32. The molecule has 1 aliphatic carbocycles. The molecule has 0 aromatic heterocycles. The fourth-order valence-corrected chi connectivity index (χ4v) is 3.32. The number of hydrogen-bond donors (Lipinski definition) is 1. The maximum atomic E-state index is 12.5. The molecule has 0 saturated heterocycles. The lowest BCUT2D eigenvalue weighted by Crippen LogP contribution is -2.42. The Morgan fingerprint density at radius 1 is 1.26 bits per heavy atom. The summed E-state index contributed by atoms with van der Waals surface area (Å²) in [5, 5.41) is 0. The van der Waals surface area contributed by atoms with E-state index < -0.39 is 0 Å². The van der Waals surface area contributed by atoms with Gasteiger partial charge in [0.25, 0.3) is 0 Å². The monoisotopic (exact) mass is 268 g/mol. The zero-order valence-electron chi connectivity index (χ0n) is 13.0. The van der Waals surface area contributed by atoms with Crippen LogP contribution in [0.25, 0.3) is 0 Å². The van der Waals surface area contributed by atoms with Crippen LogP contribution in [0, 0.1) is 11.8 Å². The molecule has 1 rings (SSSR count). The van der Waals surface area contributed by atoms with Crippen LogP contribution in [0.1, 0.15) is 65.7 Å². The minimum atomic E-state index is 0.325. The Hall–Kier alpha value is -0.570. The van der Waals surface area contributed by atoms with Crippen LogP contribution in [-0.4, -0.2) is 29.9 Å². The molecular weight excluding hydrogens is 236 g/mol. The van der Waals surface area contributed by atoms with Crippen molar-refractivity contribution in [1.82, 2.24) is 4.90 Å². The number of nitrogens with zero attached hydrogens (tertiary/aromatic N) is 1. The number of carbonyl (C=O) groups is 1. The van der Waals surface area contributed by atoms with E-state index in [0.29, 0.717) is 36.8 Å². The average molecular weight is 268 g/mol. The van der Waals surface area contributed by atoms with Gasteiger partial charge >= 0.3 is 0 Å². The van der Waals surface area contributed by atoms with Crippen LogP contribution in [0.4, 0.5) is 0 Å². The molecular formula is C16H32N2O. The Morgan fingerprint density at radius 2 is 1.89 bits per heavy atom. The summed E-state index contributed by atoms with van der Waals surface area (Å²) in [4.78, 5) is 14.6. The van der Waals surface area contributed by atoms with Gasteiger partial charge in [0, 0.05) is 19.0 Å². The molecule has 1 amide bonds. The van der Waals surface area contributed by atoms with Crippen molar-refractivity contribution in [1.29, 1.82) is 0 Å². The molecule has 0 aromatic carbocycles. The van der Waals surface area contributed by atoms with Gasteiger partial charge in [0.1, 0.15) is 0 Å². The molecule has 3 heteroatoms. The van der Waals surface area contributed by atoms with Crippen LogP contribution in [-0.2, 0) is 4.79 Å². The van der Waals surface area contributed by atoms with E-state index in [9.17, 15) is 4.79 Å².